The number of amides is 2. The highest BCUT2D eigenvalue weighted by molar-refractivity contribution is 5.74. The first kappa shape index (κ1) is 15.0. The summed E-state index contributed by atoms with van der Waals surface area (Å²) >= 11 is 0. The van der Waals surface area contributed by atoms with E-state index in [9.17, 15) is 4.79 Å². The number of pyridine rings is 2. The van der Waals surface area contributed by atoms with Crippen LogP contribution in [0.5, 0.6) is 0 Å². The molecule has 2 aromatic rings. The number of hydrogen-bond acceptors (Lipinski definition) is 3. The highest BCUT2D eigenvalue weighted by Crippen LogP contribution is 2.15. The van der Waals surface area contributed by atoms with Crippen LogP contribution in [0, 0.1) is 0 Å². The molecule has 0 aliphatic heterocycles. The molecule has 0 spiro atoms. The molecular weight excluding hydrogens is 264 g/mol. The fourth-order valence-electron chi connectivity index (χ4n) is 2.12. The Kier molecular flexibility index (Phi) is 5.26. The highest BCUT2D eigenvalue weighted by Gasteiger charge is 2.15. The van der Waals surface area contributed by atoms with E-state index >= 15 is 0 Å². The van der Waals surface area contributed by atoms with E-state index in [0.717, 1.165) is 17.7 Å². The van der Waals surface area contributed by atoms with Gasteiger partial charge in [-0.05, 0) is 43.2 Å². The Morgan fingerprint density at radius 2 is 1.90 bits per heavy atom. The molecule has 0 aliphatic rings. The first-order valence-electron chi connectivity index (χ1n) is 7.08. The molecule has 5 heteroatoms. The van der Waals surface area contributed by atoms with Gasteiger partial charge in [-0.3, -0.25) is 9.97 Å². The fraction of sp³-hybridized carbons (Fsp3) is 0.312. The predicted molar refractivity (Wildman–Crippen MR) is 81.6 cm³/mol. The van der Waals surface area contributed by atoms with Gasteiger partial charge in [0, 0.05) is 18.6 Å². The van der Waals surface area contributed by atoms with Crippen molar-refractivity contribution in [3.05, 3.63) is 60.2 Å². The lowest BCUT2D eigenvalue weighted by molar-refractivity contribution is 0.233. The molecule has 110 valence electrons. The maximum absolute atomic E-state index is 12.1. The maximum Gasteiger partial charge on any atom is 0.315 e. The van der Waals surface area contributed by atoms with Crippen LogP contribution in [0.15, 0.2) is 48.9 Å². The second kappa shape index (κ2) is 7.38. The summed E-state index contributed by atoms with van der Waals surface area (Å²) in [5, 5.41) is 5.88. The molecule has 0 saturated heterocycles. The minimum Gasteiger partial charge on any atom is -0.331 e. The van der Waals surface area contributed by atoms with Crippen molar-refractivity contribution >= 4 is 6.03 Å². The van der Waals surface area contributed by atoms with Crippen molar-refractivity contribution in [3.8, 4) is 0 Å². The van der Waals surface area contributed by atoms with Crippen LogP contribution in [0.25, 0.3) is 0 Å². The van der Waals surface area contributed by atoms with E-state index in [-0.39, 0.29) is 18.1 Å². The Hall–Kier alpha value is -2.43. The van der Waals surface area contributed by atoms with Gasteiger partial charge in [-0.25, -0.2) is 4.79 Å². The van der Waals surface area contributed by atoms with Crippen LogP contribution in [0.4, 0.5) is 4.79 Å². The normalized spacial score (nSPS) is 13.2. The molecule has 0 radical (unpaired) electrons. The summed E-state index contributed by atoms with van der Waals surface area (Å²) in [4.78, 5) is 20.3. The van der Waals surface area contributed by atoms with Gasteiger partial charge >= 0.3 is 6.03 Å². The van der Waals surface area contributed by atoms with Gasteiger partial charge in [0.25, 0.3) is 0 Å². The molecule has 2 amide bonds. The Balaban J connectivity index is 1.94. The largest absolute Gasteiger partial charge is 0.331 e. The molecular formula is C16H20N4O. The molecule has 2 N–H and O–H groups in total. The molecule has 21 heavy (non-hydrogen) atoms. The molecule has 0 aromatic carbocycles. The molecule has 0 saturated carbocycles. The van der Waals surface area contributed by atoms with Crippen LogP contribution in [0.1, 0.15) is 43.6 Å². The number of carbonyl (C=O) groups is 1. The Morgan fingerprint density at radius 1 is 1.14 bits per heavy atom. The Labute approximate surface area is 124 Å². The average molecular weight is 284 g/mol. The van der Waals surface area contributed by atoms with E-state index in [0.29, 0.717) is 0 Å². The highest BCUT2D eigenvalue weighted by atomic mass is 16.2. The lowest BCUT2D eigenvalue weighted by Crippen LogP contribution is -2.39. The molecule has 0 fully saturated rings. The van der Waals surface area contributed by atoms with Crippen molar-refractivity contribution in [1.82, 2.24) is 20.6 Å². The van der Waals surface area contributed by atoms with Gasteiger partial charge in [-0.15, -0.1) is 0 Å². The number of urea groups is 1. The minimum atomic E-state index is -0.197. The average Bonchev–Trinajstić information content (AvgIpc) is 2.54. The summed E-state index contributed by atoms with van der Waals surface area (Å²) in [5.74, 6) is 0. The fourth-order valence-corrected chi connectivity index (χ4v) is 2.12. The number of aromatic nitrogens is 2. The van der Waals surface area contributed by atoms with Gasteiger partial charge in [0.1, 0.15) is 0 Å². The molecule has 2 rings (SSSR count). The van der Waals surface area contributed by atoms with Crippen molar-refractivity contribution in [1.29, 1.82) is 0 Å². The second-order valence-electron chi connectivity index (χ2n) is 4.84. The monoisotopic (exact) mass is 284 g/mol. The molecule has 0 aliphatic carbocycles. The topological polar surface area (TPSA) is 66.9 Å². The molecule has 0 unspecified atom stereocenters. The van der Waals surface area contributed by atoms with E-state index in [4.69, 9.17) is 0 Å². The van der Waals surface area contributed by atoms with Gasteiger partial charge in [0.05, 0.1) is 17.8 Å². The first-order chi connectivity index (χ1) is 10.2. The summed E-state index contributed by atoms with van der Waals surface area (Å²) in [6.07, 6.45) is 5.99. The standard InChI is InChI=1S/C16H20N4O/c1-3-14(13-7-10-17-11-8-13)20-16(21)19-12(2)15-6-4-5-9-18-15/h4-12,14H,3H2,1-2H3,(H2,19,20,21)/t12-,14+/m0/s1. The molecule has 2 heterocycles. The van der Waals surface area contributed by atoms with Gasteiger partial charge in [-0.1, -0.05) is 13.0 Å². The van der Waals surface area contributed by atoms with Crippen LogP contribution in [0.2, 0.25) is 0 Å². The smallest absolute Gasteiger partial charge is 0.315 e. The number of nitrogens with zero attached hydrogens (tertiary/aromatic N) is 2. The van der Waals surface area contributed by atoms with Crippen molar-refractivity contribution in [2.24, 2.45) is 0 Å². The SMILES string of the molecule is CC[C@@H](NC(=O)N[C@@H](C)c1ccccn1)c1ccncc1. The molecule has 2 aromatic heterocycles. The summed E-state index contributed by atoms with van der Waals surface area (Å²) in [7, 11) is 0. The Bertz CT molecular complexity index is 559. The number of carbonyl (C=O) groups excluding carboxylic acids is 1. The zero-order chi connectivity index (χ0) is 15.1. The summed E-state index contributed by atoms with van der Waals surface area (Å²) in [5.41, 5.74) is 1.89. The summed E-state index contributed by atoms with van der Waals surface area (Å²) < 4.78 is 0. The predicted octanol–water partition coefficient (Wildman–Crippen LogP) is 2.99. The second-order valence-corrected chi connectivity index (χ2v) is 4.84. The molecule has 2 atom stereocenters. The quantitative estimate of drug-likeness (QED) is 0.887. The van der Waals surface area contributed by atoms with Crippen LogP contribution >= 0.6 is 0 Å². The first-order valence-corrected chi connectivity index (χ1v) is 7.08. The third kappa shape index (κ3) is 4.27. The third-order valence-electron chi connectivity index (χ3n) is 3.30. The van der Waals surface area contributed by atoms with Gasteiger partial charge in [0.15, 0.2) is 0 Å². The summed E-state index contributed by atoms with van der Waals surface area (Å²) in [6, 6.07) is 9.12. The summed E-state index contributed by atoms with van der Waals surface area (Å²) in [6.45, 7) is 3.95. The Morgan fingerprint density at radius 3 is 2.52 bits per heavy atom. The van der Waals surface area contributed by atoms with Gasteiger partial charge < -0.3 is 10.6 Å². The lowest BCUT2D eigenvalue weighted by Gasteiger charge is -2.20. The third-order valence-corrected chi connectivity index (χ3v) is 3.30. The zero-order valence-electron chi connectivity index (χ0n) is 12.3. The zero-order valence-corrected chi connectivity index (χ0v) is 12.3. The van der Waals surface area contributed by atoms with Crippen LogP contribution in [-0.2, 0) is 0 Å². The number of rotatable bonds is 5. The van der Waals surface area contributed by atoms with Crippen LogP contribution < -0.4 is 10.6 Å². The van der Waals surface area contributed by atoms with Crippen LogP contribution in [0.3, 0.4) is 0 Å². The van der Waals surface area contributed by atoms with E-state index in [1.807, 2.05) is 44.2 Å². The van der Waals surface area contributed by atoms with Crippen LogP contribution in [-0.4, -0.2) is 16.0 Å². The minimum absolute atomic E-state index is 0.0241. The van der Waals surface area contributed by atoms with Crippen molar-refractivity contribution in [2.75, 3.05) is 0 Å². The lowest BCUT2D eigenvalue weighted by atomic mass is 10.1. The molecule has 0 bridgehead atoms. The van der Waals surface area contributed by atoms with E-state index in [1.165, 1.54) is 0 Å². The van der Waals surface area contributed by atoms with E-state index in [1.54, 1.807) is 18.6 Å². The van der Waals surface area contributed by atoms with Crippen molar-refractivity contribution < 1.29 is 4.79 Å². The van der Waals surface area contributed by atoms with Gasteiger partial charge in [0.2, 0.25) is 0 Å². The molecule has 5 nitrogen and oxygen atoms in total. The number of nitrogens with one attached hydrogen (secondary N) is 2. The van der Waals surface area contributed by atoms with Crippen molar-refractivity contribution in [2.45, 2.75) is 32.4 Å². The number of hydrogen-bond donors (Lipinski definition) is 2. The van der Waals surface area contributed by atoms with E-state index < -0.39 is 0 Å². The maximum atomic E-state index is 12.1. The van der Waals surface area contributed by atoms with Crippen molar-refractivity contribution in [3.63, 3.8) is 0 Å². The van der Waals surface area contributed by atoms with Gasteiger partial charge in [-0.2, -0.15) is 0 Å². The van der Waals surface area contributed by atoms with E-state index in [2.05, 4.69) is 20.6 Å².